The first-order valence-electron chi connectivity index (χ1n) is 28.4. The second-order valence-corrected chi connectivity index (χ2v) is 25.7. The standard InChI is InChI=1S/C66H68N6O6/c1-31(2)25-67-55-19-50-38-13-43(55)37-14-44-39-16-46-41-18-48-42-17-47-40-15-45(38)57(69(62(50)74)27-33(5)6)21-52(40)64(76)71(29-35(9)10)59(47)23-54(42)66(78)72(30-36(11)12)60(48)24-53(41)65(77)70(28-34(7)8)58(46)22-51(39)63(75)68(26-32(3)4)56(44)20-49(37)61(67)73/h13-24,31-36,43,55H,25-30H2,1-12H3. The predicted octanol–water partition coefficient (Wildman–Crippen LogP) is 10.3. The van der Waals surface area contributed by atoms with Gasteiger partial charge in [0.05, 0.1) is 33.6 Å². The summed E-state index contributed by atoms with van der Waals surface area (Å²) in [5, 5.41) is 10.0. The molecule has 12 bridgehead atoms. The van der Waals surface area contributed by atoms with Crippen LogP contribution in [0.1, 0.15) is 105 Å². The van der Waals surface area contributed by atoms with Crippen LogP contribution >= 0.6 is 0 Å². The Bertz CT molecular complexity index is 4870. The van der Waals surface area contributed by atoms with Gasteiger partial charge >= 0.3 is 0 Å². The Morgan fingerprint density at radius 1 is 0.321 bits per heavy atom. The molecule has 2 aliphatic carbocycles. The van der Waals surface area contributed by atoms with Crippen molar-refractivity contribution in [3.05, 3.63) is 134 Å². The first-order chi connectivity index (χ1) is 37.1. The monoisotopic (exact) mass is 1040 g/mol. The Hall–Kier alpha value is -7.60. The average molecular weight is 1040 g/mol. The van der Waals surface area contributed by atoms with E-state index in [1.807, 2.05) is 64.1 Å². The molecule has 0 saturated heterocycles. The average Bonchev–Trinajstić information content (AvgIpc) is 3.38. The van der Waals surface area contributed by atoms with E-state index in [4.69, 9.17) is 0 Å². The summed E-state index contributed by atoms with van der Waals surface area (Å²) >= 11 is 0. The van der Waals surface area contributed by atoms with Crippen LogP contribution in [0.4, 0.5) is 0 Å². The second-order valence-electron chi connectivity index (χ2n) is 25.7. The molecule has 2 atom stereocenters. The molecule has 3 aliphatic rings. The lowest BCUT2D eigenvalue weighted by Crippen LogP contribution is -2.55. The Morgan fingerprint density at radius 2 is 0.641 bits per heavy atom. The van der Waals surface area contributed by atoms with E-state index in [0.29, 0.717) is 121 Å². The number of nitrogens with zero attached hydrogens (tertiary/aromatic N) is 6. The minimum atomic E-state index is -0.500. The molecule has 0 radical (unpaired) electrons. The molecule has 0 N–H and O–H groups in total. The number of carbonyl (C=O) groups excluding carboxylic acids is 1. The number of amides is 1. The van der Waals surface area contributed by atoms with Gasteiger partial charge < -0.3 is 27.7 Å². The number of aromatic nitrogens is 5. The number of hydrogen-bond donors (Lipinski definition) is 0. The molecule has 2 unspecified atom stereocenters. The van der Waals surface area contributed by atoms with Gasteiger partial charge in [0, 0.05) is 104 Å². The summed E-state index contributed by atoms with van der Waals surface area (Å²) in [4.78, 5) is 94.4. The molecule has 0 fully saturated rings. The highest BCUT2D eigenvalue weighted by Gasteiger charge is 2.40. The van der Waals surface area contributed by atoms with Gasteiger partial charge in [-0.3, -0.25) is 28.8 Å². The molecular weight excluding hydrogens is 973 g/mol. The van der Waals surface area contributed by atoms with Crippen molar-refractivity contribution in [2.75, 3.05) is 6.54 Å². The molecule has 12 heteroatoms. The van der Waals surface area contributed by atoms with E-state index in [2.05, 4.69) is 119 Å². The summed E-state index contributed by atoms with van der Waals surface area (Å²) in [7, 11) is 0. The van der Waals surface area contributed by atoms with E-state index >= 15 is 28.8 Å². The Balaban J connectivity index is 1.35. The lowest BCUT2D eigenvalue weighted by molar-refractivity contribution is 0.0667. The minimum absolute atomic E-state index is 0.0743. The van der Waals surface area contributed by atoms with Crippen LogP contribution in [-0.4, -0.2) is 46.2 Å². The summed E-state index contributed by atoms with van der Waals surface area (Å²) in [6, 6.07) is 19.6. The molecule has 10 aromatic rings. The molecule has 1 aliphatic heterocycles. The summed E-state index contributed by atoms with van der Waals surface area (Å²) in [5.74, 6) is -0.0466. The summed E-state index contributed by atoms with van der Waals surface area (Å²) in [5.41, 5.74) is 3.63. The van der Waals surface area contributed by atoms with Crippen LogP contribution < -0.4 is 38.2 Å². The van der Waals surface area contributed by atoms with E-state index in [1.165, 1.54) is 0 Å². The normalized spacial score (nSPS) is 16.1. The van der Waals surface area contributed by atoms with E-state index in [0.717, 1.165) is 37.7 Å². The number of benzene rings is 5. The van der Waals surface area contributed by atoms with Crippen LogP contribution in [0.5, 0.6) is 0 Å². The van der Waals surface area contributed by atoms with Crippen LogP contribution in [0.15, 0.2) is 84.6 Å². The highest BCUT2D eigenvalue weighted by atomic mass is 16.2. The number of hydrogen-bond acceptors (Lipinski definition) is 6. The first kappa shape index (κ1) is 49.9. The maximum absolute atomic E-state index is 15.4. The summed E-state index contributed by atoms with van der Waals surface area (Å²) in [6.07, 6.45) is 4.23. The lowest BCUT2D eigenvalue weighted by Gasteiger charge is -2.42. The number of carbonyl (C=O) groups is 1. The maximum Gasteiger partial charge on any atom is 0.259 e. The molecule has 13 rings (SSSR count). The van der Waals surface area contributed by atoms with Crippen molar-refractivity contribution >= 4 is 116 Å². The molecule has 5 aromatic heterocycles. The zero-order valence-corrected chi connectivity index (χ0v) is 46.9. The largest absolute Gasteiger partial charge is 0.331 e. The Morgan fingerprint density at radius 3 is 1.01 bits per heavy atom. The highest BCUT2D eigenvalue weighted by Crippen LogP contribution is 2.42. The Labute approximate surface area is 450 Å². The topological polar surface area (TPSA) is 130 Å². The van der Waals surface area contributed by atoms with E-state index < -0.39 is 12.0 Å². The smallest absolute Gasteiger partial charge is 0.259 e. The fourth-order valence-electron chi connectivity index (χ4n) is 13.8. The van der Waals surface area contributed by atoms with Gasteiger partial charge in [-0.25, -0.2) is 0 Å². The van der Waals surface area contributed by atoms with Gasteiger partial charge in [-0.1, -0.05) is 89.2 Å². The molecule has 398 valence electrons. The maximum atomic E-state index is 15.4. The molecule has 0 saturated carbocycles. The molecule has 78 heavy (non-hydrogen) atoms. The molecule has 5 aromatic carbocycles. The SMILES string of the molecule is CC(C)CN1C(=O)c2cc3c4cc2C2C=c5c(c(=O)n(CC(C)C)c6cc7c(=O)n(CC(C)C)c8cc9c(=O)n(CC(C)C)c%10cc%11c(=O)n(CC(C)C)c%12cc(c(=O)n3CC(C)C)c4cc%12c%11cc%10c9cc8c7cc56)=CC21. The van der Waals surface area contributed by atoms with Crippen molar-refractivity contribution in [2.24, 2.45) is 35.5 Å². The van der Waals surface area contributed by atoms with Crippen molar-refractivity contribution in [2.45, 2.75) is 128 Å². The van der Waals surface area contributed by atoms with Crippen molar-refractivity contribution in [3.63, 3.8) is 0 Å². The van der Waals surface area contributed by atoms with Crippen LogP contribution in [0.2, 0.25) is 0 Å². The van der Waals surface area contributed by atoms with Crippen molar-refractivity contribution in [1.82, 2.24) is 27.7 Å². The van der Waals surface area contributed by atoms with Crippen LogP contribution in [0.3, 0.4) is 0 Å². The number of pyridine rings is 5. The molecule has 12 nitrogen and oxygen atoms in total. The third kappa shape index (κ3) is 7.15. The highest BCUT2D eigenvalue weighted by molar-refractivity contribution is 6.23. The van der Waals surface area contributed by atoms with Gasteiger partial charge in [-0.05, 0) is 135 Å². The van der Waals surface area contributed by atoms with Gasteiger partial charge in [-0.2, -0.15) is 0 Å². The third-order valence-corrected chi connectivity index (χ3v) is 16.8. The van der Waals surface area contributed by atoms with Gasteiger partial charge in [-0.15, -0.1) is 0 Å². The Kier molecular flexibility index (Phi) is 11.2. The quantitative estimate of drug-likeness (QED) is 0.0885. The second kappa shape index (κ2) is 17.5. The van der Waals surface area contributed by atoms with E-state index in [9.17, 15) is 0 Å². The molecule has 1 amide bonds. The van der Waals surface area contributed by atoms with Crippen LogP contribution in [0.25, 0.3) is 110 Å². The van der Waals surface area contributed by atoms with Gasteiger partial charge in [0.15, 0.2) is 0 Å². The minimum Gasteiger partial charge on any atom is -0.331 e. The van der Waals surface area contributed by atoms with Crippen molar-refractivity contribution in [1.29, 1.82) is 0 Å². The predicted molar refractivity (Wildman–Crippen MR) is 320 cm³/mol. The van der Waals surface area contributed by atoms with E-state index in [-0.39, 0.29) is 69.2 Å². The number of rotatable bonds is 12. The zero-order valence-electron chi connectivity index (χ0n) is 46.9. The van der Waals surface area contributed by atoms with Gasteiger partial charge in [0.25, 0.3) is 33.7 Å². The van der Waals surface area contributed by atoms with Crippen molar-refractivity contribution < 1.29 is 4.79 Å². The first-order valence-corrected chi connectivity index (χ1v) is 28.4. The third-order valence-electron chi connectivity index (χ3n) is 16.8. The lowest BCUT2D eigenvalue weighted by atomic mass is 9.78. The molecule has 0 spiro atoms. The van der Waals surface area contributed by atoms with Crippen LogP contribution in [-0.2, 0) is 32.7 Å². The van der Waals surface area contributed by atoms with Crippen molar-refractivity contribution in [3.8, 4) is 0 Å². The van der Waals surface area contributed by atoms with Crippen LogP contribution in [0, 0.1) is 35.5 Å². The molecular formula is C66H68N6O6. The fourth-order valence-corrected chi connectivity index (χ4v) is 13.8. The molecule has 6 heterocycles. The van der Waals surface area contributed by atoms with Gasteiger partial charge in [0.1, 0.15) is 0 Å². The zero-order chi connectivity index (χ0) is 55.0. The fraction of sp³-hybridized carbons (Fsp3) is 0.394. The van der Waals surface area contributed by atoms with Gasteiger partial charge in [0.2, 0.25) is 0 Å². The summed E-state index contributed by atoms with van der Waals surface area (Å²) in [6.45, 7) is 27.4. The van der Waals surface area contributed by atoms with E-state index in [1.54, 1.807) is 0 Å². The summed E-state index contributed by atoms with van der Waals surface area (Å²) < 4.78 is 9.08.